The zero-order valence-corrected chi connectivity index (χ0v) is 11.7. The Labute approximate surface area is 123 Å². The third-order valence-electron chi connectivity index (χ3n) is 3.85. The Balaban J connectivity index is 1.74. The second kappa shape index (κ2) is 4.57. The summed E-state index contributed by atoms with van der Waals surface area (Å²) in [5.41, 5.74) is 6.16. The van der Waals surface area contributed by atoms with Crippen LogP contribution >= 0.6 is 11.6 Å². The first-order valence-electron chi connectivity index (χ1n) is 6.80. The molecule has 0 fully saturated rings. The van der Waals surface area contributed by atoms with Gasteiger partial charge in [-0.2, -0.15) is 0 Å². The molecule has 2 aliphatic rings. The van der Waals surface area contributed by atoms with Crippen molar-refractivity contribution >= 4 is 28.9 Å². The maximum absolute atomic E-state index is 6.10. The molecule has 2 aromatic rings. The molecule has 0 radical (unpaired) electrons. The van der Waals surface area contributed by atoms with Gasteiger partial charge in [0.1, 0.15) is 5.75 Å². The van der Waals surface area contributed by atoms with Crippen LogP contribution in [0.15, 0.2) is 36.4 Å². The van der Waals surface area contributed by atoms with Crippen molar-refractivity contribution in [2.24, 2.45) is 0 Å². The number of fused-ring (bicyclic) bond motifs is 2. The topological polar surface area (TPSA) is 21.3 Å². The molecule has 3 heteroatoms. The van der Waals surface area contributed by atoms with Crippen molar-refractivity contribution in [1.82, 2.24) is 0 Å². The first-order valence-corrected chi connectivity index (χ1v) is 7.17. The van der Waals surface area contributed by atoms with E-state index < -0.39 is 0 Å². The molecule has 0 saturated carbocycles. The monoisotopic (exact) mass is 283 g/mol. The summed E-state index contributed by atoms with van der Waals surface area (Å²) in [7, 11) is 0. The smallest absolute Gasteiger partial charge is 0.122 e. The Morgan fingerprint density at radius 2 is 2.10 bits per heavy atom. The predicted octanol–water partition coefficient (Wildman–Crippen LogP) is 4.24. The van der Waals surface area contributed by atoms with E-state index in [0.717, 1.165) is 36.0 Å². The SMILES string of the molecule is Clc1ccc2c(c1)/C(=C/c1ccc3c(c1)CCO3)CN2. The van der Waals surface area contributed by atoms with Gasteiger partial charge in [-0.3, -0.25) is 0 Å². The van der Waals surface area contributed by atoms with Crippen LogP contribution in [0.4, 0.5) is 5.69 Å². The van der Waals surface area contributed by atoms with Gasteiger partial charge in [0.05, 0.1) is 6.61 Å². The third kappa shape index (κ3) is 1.97. The van der Waals surface area contributed by atoms with Crippen molar-refractivity contribution in [1.29, 1.82) is 0 Å². The Morgan fingerprint density at radius 1 is 1.15 bits per heavy atom. The molecule has 0 spiro atoms. The van der Waals surface area contributed by atoms with Crippen molar-refractivity contribution < 1.29 is 4.74 Å². The number of ether oxygens (including phenoxy) is 1. The van der Waals surface area contributed by atoms with E-state index in [0.29, 0.717) is 0 Å². The second-order valence-electron chi connectivity index (χ2n) is 5.18. The number of hydrogen-bond acceptors (Lipinski definition) is 2. The fourth-order valence-electron chi connectivity index (χ4n) is 2.85. The van der Waals surface area contributed by atoms with Crippen LogP contribution in [-0.2, 0) is 6.42 Å². The number of rotatable bonds is 1. The second-order valence-corrected chi connectivity index (χ2v) is 5.62. The van der Waals surface area contributed by atoms with Gasteiger partial charge in [0.2, 0.25) is 0 Å². The predicted molar refractivity (Wildman–Crippen MR) is 83.5 cm³/mol. The molecule has 1 N–H and O–H groups in total. The molecule has 2 heterocycles. The largest absolute Gasteiger partial charge is 0.493 e. The van der Waals surface area contributed by atoms with E-state index in [1.54, 1.807) is 0 Å². The van der Waals surface area contributed by atoms with E-state index in [1.807, 2.05) is 18.2 Å². The lowest BCUT2D eigenvalue weighted by atomic mass is 10.0. The molecular formula is C17H14ClNO. The van der Waals surface area contributed by atoms with Crippen LogP contribution in [0, 0.1) is 0 Å². The number of anilines is 1. The Hall–Kier alpha value is -1.93. The fourth-order valence-corrected chi connectivity index (χ4v) is 3.02. The zero-order chi connectivity index (χ0) is 13.5. The molecule has 0 bridgehead atoms. The summed E-state index contributed by atoms with van der Waals surface area (Å²) >= 11 is 6.10. The summed E-state index contributed by atoms with van der Waals surface area (Å²) in [6, 6.07) is 12.4. The highest BCUT2D eigenvalue weighted by Crippen LogP contribution is 2.35. The first kappa shape index (κ1) is 11.9. The standard InChI is InChI=1S/C17H14ClNO/c18-14-2-3-16-15(9-14)13(10-19-16)8-11-1-4-17-12(7-11)5-6-20-17/h1-4,7-9,19H,5-6,10H2/b13-8+. The summed E-state index contributed by atoms with van der Waals surface area (Å²) in [4.78, 5) is 0. The maximum atomic E-state index is 6.10. The van der Waals surface area contributed by atoms with Gasteiger partial charge in [0, 0.05) is 29.2 Å². The molecule has 0 unspecified atom stereocenters. The van der Waals surface area contributed by atoms with Crippen LogP contribution in [0.1, 0.15) is 16.7 Å². The number of hydrogen-bond donors (Lipinski definition) is 1. The van der Waals surface area contributed by atoms with Crippen molar-refractivity contribution in [3.05, 3.63) is 58.1 Å². The van der Waals surface area contributed by atoms with Crippen LogP contribution in [0.2, 0.25) is 5.02 Å². The van der Waals surface area contributed by atoms with Crippen molar-refractivity contribution in [2.45, 2.75) is 6.42 Å². The highest BCUT2D eigenvalue weighted by atomic mass is 35.5. The van der Waals surface area contributed by atoms with Gasteiger partial charge in [0.15, 0.2) is 0 Å². The first-order chi connectivity index (χ1) is 9.79. The minimum absolute atomic E-state index is 0.778. The summed E-state index contributed by atoms with van der Waals surface area (Å²) in [6.07, 6.45) is 3.24. The molecule has 4 rings (SSSR count). The molecule has 0 saturated heterocycles. The van der Waals surface area contributed by atoms with Crippen LogP contribution in [-0.4, -0.2) is 13.2 Å². The van der Waals surface area contributed by atoms with Gasteiger partial charge in [-0.1, -0.05) is 17.7 Å². The van der Waals surface area contributed by atoms with E-state index in [9.17, 15) is 0 Å². The summed E-state index contributed by atoms with van der Waals surface area (Å²) in [5, 5.41) is 4.18. The van der Waals surface area contributed by atoms with Gasteiger partial charge < -0.3 is 10.1 Å². The highest BCUT2D eigenvalue weighted by Gasteiger charge is 2.16. The number of benzene rings is 2. The molecule has 0 atom stereocenters. The van der Waals surface area contributed by atoms with Gasteiger partial charge in [-0.05, 0) is 53.1 Å². The maximum Gasteiger partial charge on any atom is 0.122 e. The van der Waals surface area contributed by atoms with Gasteiger partial charge in [0.25, 0.3) is 0 Å². The lowest BCUT2D eigenvalue weighted by Crippen LogP contribution is -1.91. The molecule has 0 amide bonds. The van der Waals surface area contributed by atoms with Crippen LogP contribution in [0.25, 0.3) is 11.6 Å². The Bertz CT molecular complexity index is 721. The van der Waals surface area contributed by atoms with E-state index in [1.165, 1.54) is 22.3 Å². The van der Waals surface area contributed by atoms with E-state index in [-0.39, 0.29) is 0 Å². The van der Waals surface area contributed by atoms with Crippen LogP contribution < -0.4 is 10.1 Å². The third-order valence-corrected chi connectivity index (χ3v) is 4.09. The van der Waals surface area contributed by atoms with E-state index in [2.05, 4.69) is 29.6 Å². The summed E-state index contributed by atoms with van der Waals surface area (Å²) in [6.45, 7) is 1.65. The lowest BCUT2D eigenvalue weighted by Gasteiger charge is -2.03. The van der Waals surface area contributed by atoms with Crippen LogP contribution in [0.3, 0.4) is 0 Å². The fraction of sp³-hybridized carbons (Fsp3) is 0.176. The molecule has 2 nitrogen and oxygen atoms in total. The number of halogens is 1. The zero-order valence-electron chi connectivity index (χ0n) is 10.9. The molecule has 0 aromatic heterocycles. The average molecular weight is 284 g/mol. The molecule has 0 aliphatic carbocycles. The van der Waals surface area contributed by atoms with Gasteiger partial charge in [-0.25, -0.2) is 0 Å². The minimum Gasteiger partial charge on any atom is -0.493 e. The van der Waals surface area contributed by atoms with Gasteiger partial charge in [-0.15, -0.1) is 0 Å². The molecular weight excluding hydrogens is 270 g/mol. The van der Waals surface area contributed by atoms with Crippen molar-refractivity contribution in [3.63, 3.8) is 0 Å². The highest BCUT2D eigenvalue weighted by molar-refractivity contribution is 6.31. The molecule has 2 aliphatic heterocycles. The summed E-state index contributed by atoms with van der Waals surface area (Å²) < 4.78 is 5.54. The average Bonchev–Trinajstić information content (AvgIpc) is 3.05. The minimum atomic E-state index is 0.778. The quantitative estimate of drug-likeness (QED) is 0.845. The van der Waals surface area contributed by atoms with Crippen LogP contribution in [0.5, 0.6) is 5.75 Å². The van der Waals surface area contributed by atoms with Gasteiger partial charge >= 0.3 is 0 Å². The molecule has 100 valence electrons. The van der Waals surface area contributed by atoms with Crippen molar-refractivity contribution in [3.8, 4) is 5.75 Å². The molecule has 2 aromatic carbocycles. The van der Waals surface area contributed by atoms with Crippen molar-refractivity contribution in [2.75, 3.05) is 18.5 Å². The summed E-state index contributed by atoms with van der Waals surface area (Å²) in [5.74, 6) is 1.03. The lowest BCUT2D eigenvalue weighted by molar-refractivity contribution is 0.357. The Morgan fingerprint density at radius 3 is 3.05 bits per heavy atom. The normalized spacial score (nSPS) is 17.6. The van der Waals surface area contributed by atoms with E-state index in [4.69, 9.17) is 16.3 Å². The molecule has 20 heavy (non-hydrogen) atoms. The Kier molecular flexibility index (Phi) is 2.71. The number of nitrogens with one attached hydrogen (secondary N) is 1. The van der Waals surface area contributed by atoms with E-state index >= 15 is 0 Å².